The molecule has 72 valence electrons. The Balaban J connectivity index is 2.68. The molecule has 1 aliphatic heterocycles. The summed E-state index contributed by atoms with van der Waals surface area (Å²) < 4.78 is 9.95. The second-order valence-corrected chi connectivity index (χ2v) is 3.07. The summed E-state index contributed by atoms with van der Waals surface area (Å²) >= 11 is 0. The normalized spacial score (nSPS) is 27.7. The first-order chi connectivity index (χ1) is 6.25. The van der Waals surface area contributed by atoms with Crippen LogP contribution in [0.15, 0.2) is 0 Å². The smallest absolute Gasteiger partial charge is 0.328 e. The lowest BCUT2D eigenvalue weighted by atomic mass is 9.84. The van der Waals surface area contributed by atoms with Gasteiger partial charge in [0.25, 0.3) is 0 Å². The maximum absolute atomic E-state index is 11.4. The number of carbonyl (C=O) groups is 1. The van der Waals surface area contributed by atoms with E-state index in [1.807, 2.05) is 6.07 Å². The van der Waals surface area contributed by atoms with E-state index in [4.69, 9.17) is 14.7 Å². The fourth-order valence-electron chi connectivity index (χ4n) is 1.36. The largest absolute Gasteiger partial charge is 0.465 e. The van der Waals surface area contributed by atoms with Gasteiger partial charge < -0.3 is 9.47 Å². The zero-order chi connectivity index (χ0) is 9.73. The highest BCUT2D eigenvalue weighted by atomic mass is 16.5. The van der Waals surface area contributed by atoms with E-state index in [0.717, 1.165) is 6.42 Å². The van der Waals surface area contributed by atoms with Crippen LogP contribution in [0.4, 0.5) is 0 Å². The second kappa shape index (κ2) is 4.24. The third-order valence-electron chi connectivity index (χ3n) is 2.12. The van der Waals surface area contributed by atoms with Gasteiger partial charge >= 0.3 is 5.97 Å². The average Bonchev–Trinajstić information content (AvgIpc) is 2.19. The van der Waals surface area contributed by atoms with Crippen LogP contribution in [0.2, 0.25) is 0 Å². The molecule has 0 aromatic rings. The topological polar surface area (TPSA) is 59.3 Å². The van der Waals surface area contributed by atoms with E-state index in [1.54, 1.807) is 6.92 Å². The number of hydrogen-bond donors (Lipinski definition) is 0. The highest BCUT2D eigenvalue weighted by molar-refractivity contribution is 5.80. The van der Waals surface area contributed by atoms with Gasteiger partial charge in [-0.2, -0.15) is 5.26 Å². The monoisotopic (exact) mass is 183 g/mol. The zero-order valence-electron chi connectivity index (χ0n) is 7.71. The highest BCUT2D eigenvalue weighted by Gasteiger charge is 2.42. The van der Waals surface area contributed by atoms with Crippen molar-refractivity contribution in [2.24, 2.45) is 5.41 Å². The molecule has 1 saturated heterocycles. The highest BCUT2D eigenvalue weighted by Crippen LogP contribution is 2.29. The minimum atomic E-state index is -1.05. The van der Waals surface area contributed by atoms with Crippen molar-refractivity contribution in [3.05, 3.63) is 0 Å². The van der Waals surface area contributed by atoms with Crippen molar-refractivity contribution in [2.45, 2.75) is 19.8 Å². The Bertz CT molecular complexity index is 226. The lowest BCUT2D eigenvalue weighted by molar-refractivity contribution is -0.158. The van der Waals surface area contributed by atoms with Crippen LogP contribution in [0.25, 0.3) is 0 Å². The predicted octanol–water partition coefficient (Wildman–Crippen LogP) is 0.870. The molecule has 0 spiro atoms. The summed E-state index contributed by atoms with van der Waals surface area (Å²) in [4.78, 5) is 11.4. The average molecular weight is 183 g/mol. The van der Waals surface area contributed by atoms with Crippen molar-refractivity contribution in [1.82, 2.24) is 0 Å². The SMILES string of the molecule is CCOC(=O)[C@]1(C#N)CCCOC1. The van der Waals surface area contributed by atoms with E-state index in [1.165, 1.54) is 0 Å². The van der Waals surface area contributed by atoms with Gasteiger partial charge in [0, 0.05) is 6.61 Å². The summed E-state index contributed by atoms with van der Waals surface area (Å²) in [7, 11) is 0. The fourth-order valence-corrected chi connectivity index (χ4v) is 1.36. The molecule has 13 heavy (non-hydrogen) atoms. The van der Waals surface area contributed by atoms with Gasteiger partial charge in [0.1, 0.15) is 0 Å². The Kier molecular flexibility index (Phi) is 3.26. The van der Waals surface area contributed by atoms with E-state index >= 15 is 0 Å². The van der Waals surface area contributed by atoms with E-state index < -0.39 is 11.4 Å². The third-order valence-corrected chi connectivity index (χ3v) is 2.12. The maximum atomic E-state index is 11.4. The van der Waals surface area contributed by atoms with Gasteiger partial charge in [-0.1, -0.05) is 0 Å². The van der Waals surface area contributed by atoms with Crippen LogP contribution < -0.4 is 0 Å². The van der Waals surface area contributed by atoms with Gasteiger partial charge in [0.05, 0.1) is 19.3 Å². The van der Waals surface area contributed by atoms with Gasteiger partial charge in [-0.3, -0.25) is 4.79 Å². The van der Waals surface area contributed by atoms with Crippen LogP contribution in [0.1, 0.15) is 19.8 Å². The van der Waals surface area contributed by atoms with Crippen LogP contribution >= 0.6 is 0 Å². The van der Waals surface area contributed by atoms with Gasteiger partial charge in [-0.15, -0.1) is 0 Å². The summed E-state index contributed by atoms with van der Waals surface area (Å²) in [6.45, 7) is 2.83. The number of carbonyl (C=O) groups excluding carboxylic acids is 1. The predicted molar refractivity (Wildman–Crippen MR) is 44.7 cm³/mol. The molecular formula is C9H13NO3. The molecule has 4 heteroatoms. The molecule has 1 fully saturated rings. The first-order valence-electron chi connectivity index (χ1n) is 4.41. The summed E-state index contributed by atoms with van der Waals surface area (Å²) in [5, 5.41) is 8.91. The Morgan fingerprint density at radius 1 is 1.77 bits per heavy atom. The standard InChI is InChI=1S/C9H13NO3/c1-2-13-8(11)9(6-10)4-3-5-12-7-9/h2-5,7H2,1H3/t9-/m0/s1. The Morgan fingerprint density at radius 3 is 3.00 bits per heavy atom. The maximum Gasteiger partial charge on any atom is 0.328 e. The van der Waals surface area contributed by atoms with Gasteiger partial charge in [-0.25, -0.2) is 0 Å². The van der Waals surface area contributed by atoms with Crippen molar-refractivity contribution in [2.75, 3.05) is 19.8 Å². The number of ether oxygens (including phenoxy) is 2. The van der Waals surface area contributed by atoms with E-state index in [-0.39, 0.29) is 6.61 Å². The molecule has 0 N–H and O–H groups in total. The van der Waals surface area contributed by atoms with Gasteiger partial charge in [0.15, 0.2) is 5.41 Å². The molecule has 0 bridgehead atoms. The molecular weight excluding hydrogens is 170 g/mol. The van der Waals surface area contributed by atoms with Gasteiger partial charge in [0.2, 0.25) is 0 Å². The Hall–Kier alpha value is -1.08. The molecule has 0 aromatic carbocycles. The number of nitriles is 1. The van der Waals surface area contributed by atoms with Crippen LogP contribution in [0.3, 0.4) is 0 Å². The number of esters is 1. The molecule has 0 aromatic heterocycles. The molecule has 0 aliphatic carbocycles. The van der Waals surface area contributed by atoms with Gasteiger partial charge in [-0.05, 0) is 19.8 Å². The van der Waals surface area contributed by atoms with Crippen molar-refractivity contribution in [1.29, 1.82) is 5.26 Å². The summed E-state index contributed by atoms with van der Waals surface area (Å²) in [6, 6.07) is 2.00. The van der Waals surface area contributed by atoms with Crippen molar-refractivity contribution in [3.63, 3.8) is 0 Å². The van der Waals surface area contributed by atoms with Crippen LogP contribution in [0.5, 0.6) is 0 Å². The van der Waals surface area contributed by atoms with Crippen LogP contribution in [-0.4, -0.2) is 25.8 Å². The van der Waals surface area contributed by atoms with Crippen LogP contribution in [0, 0.1) is 16.7 Å². The zero-order valence-corrected chi connectivity index (χ0v) is 7.71. The van der Waals surface area contributed by atoms with Crippen molar-refractivity contribution >= 4 is 5.97 Å². The van der Waals surface area contributed by atoms with E-state index in [2.05, 4.69) is 0 Å². The molecule has 1 atom stereocenters. The first-order valence-corrected chi connectivity index (χ1v) is 4.41. The van der Waals surface area contributed by atoms with Crippen molar-refractivity contribution in [3.8, 4) is 6.07 Å². The molecule has 1 rings (SSSR count). The number of hydrogen-bond acceptors (Lipinski definition) is 4. The summed E-state index contributed by atoms with van der Waals surface area (Å²) in [5.74, 6) is -0.447. The minimum absolute atomic E-state index is 0.169. The Labute approximate surface area is 77.4 Å². The molecule has 0 saturated carbocycles. The summed E-state index contributed by atoms with van der Waals surface area (Å²) in [5.41, 5.74) is -1.05. The first kappa shape index (κ1) is 10.0. The number of rotatable bonds is 2. The fraction of sp³-hybridized carbons (Fsp3) is 0.778. The number of nitrogens with zero attached hydrogens (tertiary/aromatic N) is 1. The minimum Gasteiger partial charge on any atom is -0.465 e. The third kappa shape index (κ3) is 1.99. The molecule has 1 heterocycles. The molecule has 4 nitrogen and oxygen atoms in total. The van der Waals surface area contributed by atoms with E-state index in [0.29, 0.717) is 19.6 Å². The van der Waals surface area contributed by atoms with E-state index in [9.17, 15) is 4.79 Å². The molecule has 0 unspecified atom stereocenters. The van der Waals surface area contributed by atoms with Crippen LogP contribution in [-0.2, 0) is 14.3 Å². The second-order valence-electron chi connectivity index (χ2n) is 3.07. The molecule has 0 radical (unpaired) electrons. The lowest BCUT2D eigenvalue weighted by Crippen LogP contribution is -2.39. The molecule has 0 amide bonds. The molecule has 1 aliphatic rings. The lowest BCUT2D eigenvalue weighted by Gasteiger charge is -2.27. The summed E-state index contributed by atoms with van der Waals surface area (Å²) in [6.07, 6.45) is 1.29. The Morgan fingerprint density at radius 2 is 2.54 bits per heavy atom. The van der Waals surface area contributed by atoms with Crippen molar-refractivity contribution < 1.29 is 14.3 Å². The quantitative estimate of drug-likeness (QED) is 0.596.